The third-order valence-corrected chi connectivity index (χ3v) is 0. The van der Waals surface area contributed by atoms with E-state index in [1.54, 1.807) is 13.8 Å². The molecule has 0 rings (SSSR count). The molecule has 13 heavy (non-hydrogen) atoms. The zero-order valence-electron chi connectivity index (χ0n) is 9.50. The zero-order valence-corrected chi connectivity index (χ0v) is 11.9. The predicted octanol–water partition coefficient (Wildman–Crippen LogP) is 3.15. The van der Waals surface area contributed by atoms with Crippen LogP contribution in [0.3, 0.4) is 0 Å². The molecule has 1 N–H and O–H groups in total. The molecule has 0 radical (unpaired) electrons. The summed E-state index contributed by atoms with van der Waals surface area (Å²) in [6.07, 6.45) is 3.83. The van der Waals surface area contributed by atoms with Crippen LogP contribution in [0.15, 0.2) is 0 Å². The van der Waals surface area contributed by atoms with E-state index in [-0.39, 0.29) is 18.5 Å². The molecule has 0 saturated heterocycles. The molecule has 0 heterocycles. The molecule has 0 aromatic carbocycles. The summed E-state index contributed by atoms with van der Waals surface area (Å²) in [6.45, 7) is 11.4. The molecule has 0 amide bonds. The van der Waals surface area contributed by atoms with Crippen molar-refractivity contribution >= 4 is 12.4 Å². The summed E-state index contributed by atoms with van der Waals surface area (Å²) in [5.74, 6) is 0. The van der Waals surface area contributed by atoms with Gasteiger partial charge in [0.05, 0.1) is 0 Å². The van der Waals surface area contributed by atoms with Crippen LogP contribution in [0.5, 0.6) is 0 Å². The van der Waals surface area contributed by atoms with Crippen molar-refractivity contribution in [1.29, 1.82) is 0 Å². The molecular formula is C9H23ClO2Ti. The van der Waals surface area contributed by atoms with Crippen LogP contribution in [0.4, 0.5) is 0 Å². The molecular weight excluding hydrogens is 223 g/mol. The van der Waals surface area contributed by atoms with Gasteiger partial charge in [-0.05, 0) is 13.8 Å². The fraction of sp³-hybridized carbons (Fsp3) is 0.778. The van der Waals surface area contributed by atoms with Crippen molar-refractivity contribution in [3.05, 3.63) is 12.8 Å². The Labute approximate surface area is 102 Å². The van der Waals surface area contributed by atoms with Crippen molar-refractivity contribution in [1.82, 2.24) is 0 Å². The van der Waals surface area contributed by atoms with E-state index in [0.29, 0.717) is 0 Å². The van der Waals surface area contributed by atoms with E-state index in [1.165, 1.54) is 0 Å². The number of halogens is 1. The van der Waals surface area contributed by atoms with Crippen LogP contribution in [-0.4, -0.2) is 11.2 Å². The number of aliphatic hydroxyl groups excluding tert-OH is 1. The second-order valence-corrected chi connectivity index (χ2v) is 2.25. The van der Waals surface area contributed by atoms with Crippen molar-refractivity contribution < 1.29 is 28.8 Å². The van der Waals surface area contributed by atoms with Gasteiger partial charge in [-0.15, -0.1) is 12.4 Å². The van der Waals surface area contributed by atoms with Gasteiger partial charge in [-0.3, -0.25) is 0 Å². The Hall–Kier alpha value is 0.764. The van der Waals surface area contributed by atoms with E-state index in [0.717, 1.165) is 20.4 Å². The van der Waals surface area contributed by atoms with Gasteiger partial charge in [0.1, 0.15) is 0 Å². The summed E-state index contributed by atoms with van der Waals surface area (Å²) >= 11 is 0.750. The van der Waals surface area contributed by atoms with Crippen LogP contribution >= 0.6 is 12.4 Å². The molecule has 0 bridgehead atoms. The summed E-state index contributed by atoms with van der Waals surface area (Å²) in [4.78, 5) is 0. The SMILES string of the molecule is CC(C)O.C[CH-]C.C[CH-]C.Cl.[O]=[Ti+2]. The van der Waals surface area contributed by atoms with Gasteiger partial charge in [0.15, 0.2) is 0 Å². The van der Waals surface area contributed by atoms with Gasteiger partial charge >= 0.3 is 23.7 Å². The second-order valence-electron chi connectivity index (χ2n) is 2.25. The molecule has 4 heteroatoms. The van der Waals surface area contributed by atoms with Crippen molar-refractivity contribution in [3.8, 4) is 0 Å². The molecule has 0 spiro atoms. The Kier molecular flexibility index (Phi) is 119. The molecule has 0 aliphatic rings. The van der Waals surface area contributed by atoms with Gasteiger partial charge < -0.3 is 17.9 Å². The third kappa shape index (κ3) is 2530. The number of rotatable bonds is 0. The van der Waals surface area contributed by atoms with Gasteiger partial charge in [-0.2, -0.15) is 27.7 Å². The van der Waals surface area contributed by atoms with Gasteiger partial charge in [0.25, 0.3) is 0 Å². The Morgan fingerprint density at radius 2 is 1.00 bits per heavy atom. The van der Waals surface area contributed by atoms with Crippen LogP contribution in [-0.2, 0) is 23.7 Å². The molecule has 0 atom stereocenters. The summed E-state index contributed by atoms with van der Waals surface area (Å²) < 4.78 is 8.25. The minimum absolute atomic E-state index is 0. The zero-order chi connectivity index (χ0) is 11.0. The second kappa shape index (κ2) is 53.2. The van der Waals surface area contributed by atoms with Crippen LogP contribution in [0.2, 0.25) is 0 Å². The van der Waals surface area contributed by atoms with Crippen LogP contribution < -0.4 is 0 Å². The van der Waals surface area contributed by atoms with Crippen molar-refractivity contribution in [3.63, 3.8) is 0 Å². The number of aliphatic hydroxyl groups is 1. The topological polar surface area (TPSA) is 37.3 Å². The average molecular weight is 247 g/mol. The first kappa shape index (κ1) is 29.2. The van der Waals surface area contributed by atoms with Crippen molar-refractivity contribution in [2.24, 2.45) is 0 Å². The maximum absolute atomic E-state index is 8.25. The van der Waals surface area contributed by atoms with E-state index in [1.807, 2.05) is 40.5 Å². The van der Waals surface area contributed by atoms with Crippen molar-refractivity contribution in [2.45, 2.75) is 47.6 Å². The summed E-state index contributed by atoms with van der Waals surface area (Å²) in [5, 5.41) is 8.06. The molecule has 2 nitrogen and oxygen atoms in total. The maximum atomic E-state index is 8.25. The van der Waals surface area contributed by atoms with Gasteiger partial charge in [0.2, 0.25) is 0 Å². The van der Waals surface area contributed by atoms with Crippen LogP contribution in [0, 0.1) is 12.8 Å². The van der Waals surface area contributed by atoms with Crippen LogP contribution in [0.1, 0.15) is 41.5 Å². The van der Waals surface area contributed by atoms with E-state index < -0.39 is 0 Å². The quantitative estimate of drug-likeness (QED) is 0.527. The van der Waals surface area contributed by atoms with E-state index in [2.05, 4.69) is 0 Å². The third-order valence-electron chi connectivity index (χ3n) is 0. The first-order valence-corrected chi connectivity index (χ1v) is 4.56. The predicted molar refractivity (Wildman–Crippen MR) is 56.6 cm³/mol. The first-order chi connectivity index (χ1) is 5.56. The molecule has 0 aliphatic heterocycles. The molecule has 0 saturated carbocycles. The normalized spacial score (nSPS) is 6.00. The Morgan fingerprint density at radius 3 is 1.00 bits per heavy atom. The molecule has 82 valence electrons. The molecule has 0 aromatic heterocycles. The molecule has 0 fully saturated rings. The Bertz CT molecular complexity index is 41.8. The summed E-state index contributed by atoms with van der Waals surface area (Å²) in [6, 6.07) is 0. The minimum atomic E-state index is -0.167. The molecule has 0 unspecified atom stereocenters. The Morgan fingerprint density at radius 1 is 1.00 bits per heavy atom. The number of hydrogen-bond acceptors (Lipinski definition) is 2. The number of hydrogen-bond donors (Lipinski definition) is 1. The molecule has 0 aromatic rings. The first-order valence-electron chi connectivity index (χ1n) is 3.93. The fourth-order valence-corrected chi connectivity index (χ4v) is 0. The monoisotopic (exact) mass is 246 g/mol. The van der Waals surface area contributed by atoms with E-state index >= 15 is 0 Å². The van der Waals surface area contributed by atoms with Gasteiger partial charge in [0, 0.05) is 6.10 Å². The van der Waals surface area contributed by atoms with Gasteiger partial charge in [-0.1, -0.05) is 0 Å². The van der Waals surface area contributed by atoms with E-state index in [4.69, 9.17) is 8.43 Å². The Balaban J connectivity index is -0.0000000220. The van der Waals surface area contributed by atoms with E-state index in [9.17, 15) is 0 Å². The average Bonchev–Trinajstić information content (AvgIpc) is 1.92. The fourth-order valence-electron chi connectivity index (χ4n) is 0. The molecule has 0 aliphatic carbocycles. The van der Waals surface area contributed by atoms with Crippen LogP contribution in [0.25, 0.3) is 0 Å². The standard InChI is InChI=1S/C3H8O.2C3H7.ClH.O.Ti/c1-3(2)4;2*1-3-2;;;/h3-4H,1-2H3;2*3H,1-2H3;1H;;/q;2*-1;;;+2. The summed E-state index contributed by atoms with van der Waals surface area (Å²) in [5.41, 5.74) is 0. The van der Waals surface area contributed by atoms with Crippen molar-refractivity contribution in [2.75, 3.05) is 0 Å². The van der Waals surface area contributed by atoms with Gasteiger partial charge in [-0.25, -0.2) is 0 Å². The summed E-state index contributed by atoms with van der Waals surface area (Å²) in [7, 11) is 0.